The predicted molar refractivity (Wildman–Crippen MR) is 69.0 cm³/mol. The van der Waals surface area contributed by atoms with E-state index in [1.54, 1.807) is 11.3 Å². The SMILES string of the molecule is CCNCC=Cc1sc(N(C)C)nc1Cl. The van der Waals surface area contributed by atoms with Gasteiger partial charge in [0.1, 0.15) is 5.15 Å². The van der Waals surface area contributed by atoms with Crippen molar-refractivity contribution in [3.8, 4) is 0 Å². The van der Waals surface area contributed by atoms with Crippen molar-refractivity contribution in [2.75, 3.05) is 32.1 Å². The highest BCUT2D eigenvalue weighted by Crippen LogP contribution is 2.29. The van der Waals surface area contributed by atoms with Gasteiger partial charge in [-0.25, -0.2) is 4.98 Å². The Morgan fingerprint density at radius 2 is 2.27 bits per heavy atom. The van der Waals surface area contributed by atoms with Crippen LogP contribution in [0.2, 0.25) is 5.15 Å². The number of hydrogen-bond acceptors (Lipinski definition) is 4. The maximum absolute atomic E-state index is 6.00. The average molecular weight is 246 g/mol. The maximum Gasteiger partial charge on any atom is 0.186 e. The molecule has 1 aromatic heterocycles. The van der Waals surface area contributed by atoms with E-state index in [2.05, 4.69) is 23.3 Å². The van der Waals surface area contributed by atoms with Crippen molar-refractivity contribution in [1.82, 2.24) is 10.3 Å². The van der Waals surface area contributed by atoms with Crippen LogP contribution in [0.4, 0.5) is 5.13 Å². The van der Waals surface area contributed by atoms with Gasteiger partial charge in [0, 0.05) is 20.6 Å². The summed E-state index contributed by atoms with van der Waals surface area (Å²) in [6.07, 6.45) is 4.07. The third-order valence-corrected chi connectivity index (χ3v) is 3.35. The molecular weight excluding hydrogens is 230 g/mol. The van der Waals surface area contributed by atoms with Crippen molar-refractivity contribution >= 4 is 34.1 Å². The van der Waals surface area contributed by atoms with Crippen LogP contribution in [0.15, 0.2) is 6.08 Å². The topological polar surface area (TPSA) is 28.2 Å². The molecule has 0 radical (unpaired) electrons. The first-order valence-corrected chi connectivity index (χ1v) is 6.05. The van der Waals surface area contributed by atoms with Crippen LogP contribution in [0.1, 0.15) is 11.8 Å². The van der Waals surface area contributed by atoms with Gasteiger partial charge in [-0.05, 0) is 12.6 Å². The smallest absolute Gasteiger partial charge is 0.186 e. The Hall–Kier alpha value is -0.580. The van der Waals surface area contributed by atoms with Gasteiger partial charge >= 0.3 is 0 Å². The maximum atomic E-state index is 6.00. The van der Waals surface area contributed by atoms with Crippen LogP contribution in [0.3, 0.4) is 0 Å². The summed E-state index contributed by atoms with van der Waals surface area (Å²) in [7, 11) is 3.92. The molecule has 0 bridgehead atoms. The van der Waals surface area contributed by atoms with E-state index in [4.69, 9.17) is 11.6 Å². The number of rotatable bonds is 5. The van der Waals surface area contributed by atoms with Gasteiger partial charge in [-0.15, -0.1) is 0 Å². The molecule has 0 aliphatic heterocycles. The lowest BCUT2D eigenvalue weighted by Gasteiger charge is -2.04. The monoisotopic (exact) mass is 245 g/mol. The molecule has 84 valence electrons. The summed E-state index contributed by atoms with van der Waals surface area (Å²) >= 11 is 7.60. The van der Waals surface area contributed by atoms with Crippen molar-refractivity contribution < 1.29 is 0 Å². The van der Waals surface area contributed by atoms with Crippen molar-refractivity contribution in [2.45, 2.75) is 6.92 Å². The minimum atomic E-state index is 0.580. The zero-order valence-electron chi connectivity index (χ0n) is 9.25. The first-order chi connectivity index (χ1) is 7.15. The number of halogens is 1. The van der Waals surface area contributed by atoms with Gasteiger partial charge in [0.05, 0.1) is 4.88 Å². The molecule has 1 heterocycles. The van der Waals surface area contributed by atoms with E-state index in [-0.39, 0.29) is 0 Å². The lowest BCUT2D eigenvalue weighted by molar-refractivity contribution is 0.801. The molecular formula is C10H16ClN3S. The number of thiazole rings is 1. The summed E-state index contributed by atoms with van der Waals surface area (Å²) in [6, 6.07) is 0. The van der Waals surface area contributed by atoms with Gasteiger partial charge in [-0.3, -0.25) is 0 Å². The van der Waals surface area contributed by atoms with E-state index < -0.39 is 0 Å². The number of nitrogens with zero attached hydrogens (tertiary/aromatic N) is 2. The molecule has 0 aliphatic carbocycles. The number of nitrogens with one attached hydrogen (secondary N) is 1. The van der Waals surface area contributed by atoms with Crippen LogP contribution >= 0.6 is 22.9 Å². The van der Waals surface area contributed by atoms with E-state index in [0.29, 0.717) is 5.15 Å². The second-order valence-electron chi connectivity index (χ2n) is 3.26. The second kappa shape index (κ2) is 6.10. The fourth-order valence-corrected chi connectivity index (χ4v) is 2.11. The molecule has 0 saturated carbocycles. The highest BCUT2D eigenvalue weighted by Gasteiger charge is 2.07. The number of hydrogen-bond donors (Lipinski definition) is 1. The molecule has 1 N–H and O–H groups in total. The van der Waals surface area contributed by atoms with Crippen LogP contribution in [0.25, 0.3) is 6.08 Å². The molecule has 0 saturated heterocycles. The fourth-order valence-electron chi connectivity index (χ4n) is 0.990. The second-order valence-corrected chi connectivity index (χ2v) is 4.62. The molecule has 3 nitrogen and oxygen atoms in total. The first-order valence-electron chi connectivity index (χ1n) is 4.86. The summed E-state index contributed by atoms with van der Waals surface area (Å²) in [6.45, 7) is 3.92. The van der Waals surface area contributed by atoms with E-state index >= 15 is 0 Å². The molecule has 1 rings (SSSR count). The minimum Gasteiger partial charge on any atom is -0.354 e. The van der Waals surface area contributed by atoms with Gasteiger partial charge in [0.25, 0.3) is 0 Å². The number of aromatic nitrogens is 1. The zero-order chi connectivity index (χ0) is 11.3. The standard InChI is InChI=1S/C10H16ClN3S/c1-4-12-7-5-6-8-9(11)13-10(15-8)14(2)3/h5-6,12H,4,7H2,1-3H3. The Kier molecular flexibility index (Phi) is 5.08. The number of anilines is 1. The fraction of sp³-hybridized carbons (Fsp3) is 0.500. The Bertz CT molecular complexity index is 333. The Morgan fingerprint density at radius 1 is 1.53 bits per heavy atom. The van der Waals surface area contributed by atoms with Crippen molar-refractivity contribution in [1.29, 1.82) is 0 Å². The zero-order valence-corrected chi connectivity index (χ0v) is 10.8. The largest absolute Gasteiger partial charge is 0.354 e. The number of likely N-dealkylation sites (N-methyl/N-ethyl adjacent to an activating group) is 1. The van der Waals surface area contributed by atoms with Crippen LogP contribution in [0, 0.1) is 0 Å². The summed E-state index contributed by atoms with van der Waals surface area (Å²) in [5.74, 6) is 0. The Balaban J connectivity index is 2.64. The van der Waals surface area contributed by atoms with E-state index in [9.17, 15) is 0 Å². The summed E-state index contributed by atoms with van der Waals surface area (Å²) in [5, 5.41) is 4.72. The predicted octanol–water partition coefficient (Wildman–Crippen LogP) is 2.49. The van der Waals surface area contributed by atoms with E-state index in [1.807, 2.05) is 25.1 Å². The molecule has 0 fully saturated rings. The molecule has 15 heavy (non-hydrogen) atoms. The van der Waals surface area contributed by atoms with Crippen LogP contribution in [0.5, 0.6) is 0 Å². The highest BCUT2D eigenvalue weighted by atomic mass is 35.5. The molecule has 0 aromatic carbocycles. The molecule has 0 aliphatic rings. The summed E-state index contributed by atoms with van der Waals surface area (Å²) in [4.78, 5) is 7.22. The molecule has 0 amide bonds. The van der Waals surface area contributed by atoms with Crippen LogP contribution in [-0.2, 0) is 0 Å². The van der Waals surface area contributed by atoms with Gasteiger partial charge < -0.3 is 10.2 Å². The lowest BCUT2D eigenvalue weighted by Crippen LogP contribution is -2.11. The molecule has 0 atom stereocenters. The van der Waals surface area contributed by atoms with Gasteiger partial charge in [-0.2, -0.15) is 0 Å². The first kappa shape index (κ1) is 12.5. The Morgan fingerprint density at radius 3 is 2.80 bits per heavy atom. The lowest BCUT2D eigenvalue weighted by atomic mass is 10.4. The molecule has 0 spiro atoms. The van der Waals surface area contributed by atoms with Gasteiger partial charge in [-0.1, -0.05) is 35.9 Å². The van der Waals surface area contributed by atoms with Crippen LogP contribution < -0.4 is 10.2 Å². The molecule has 1 aromatic rings. The van der Waals surface area contributed by atoms with Crippen molar-refractivity contribution in [3.63, 3.8) is 0 Å². The third kappa shape index (κ3) is 3.81. The van der Waals surface area contributed by atoms with Gasteiger partial charge in [0.2, 0.25) is 0 Å². The molecule has 5 heteroatoms. The normalized spacial score (nSPS) is 11.2. The minimum absolute atomic E-state index is 0.580. The van der Waals surface area contributed by atoms with E-state index in [1.165, 1.54) is 0 Å². The van der Waals surface area contributed by atoms with Crippen LogP contribution in [-0.4, -0.2) is 32.2 Å². The Labute approximate surface area is 99.8 Å². The molecule has 0 unspecified atom stereocenters. The summed E-state index contributed by atoms with van der Waals surface area (Å²) < 4.78 is 0. The van der Waals surface area contributed by atoms with Crippen molar-refractivity contribution in [2.24, 2.45) is 0 Å². The highest BCUT2D eigenvalue weighted by molar-refractivity contribution is 7.17. The summed E-state index contributed by atoms with van der Waals surface area (Å²) in [5.41, 5.74) is 0. The van der Waals surface area contributed by atoms with Gasteiger partial charge in [0.15, 0.2) is 5.13 Å². The average Bonchev–Trinajstić information content (AvgIpc) is 2.55. The van der Waals surface area contributed by atoms with E-state index in [0.717, 1.165) is 23.1 Å². The van der Waals surface area contributed by atoms with Crippen molar-refractivity contribution in [3.05, 3.63) is 16.1 Å². The quantitative estimate of drug-likeness (QED) is 0.808. The third-order valence-electron chi connectivity index (χ3n) is 1.76.